The van der Waals surface area contributed by atoms with Crippen LogP contribution in [0.15, 0.2) is 48.5 Å². The molecule has 2 aliphatic carbocycles. The van der Waals surface area contributed by atoms with Crippen LogP contribution in [0.25, 0.3) is 0 Å². The topological polar surface area (TPSA) is 46.2 Å². The number of aryl methyl sites for hydroxylation is 1. The molecule has 1 unspecified atom stereocenters. The molecule has 0 aromatic heterocycles. The fourth-order valence-corrected chi connectivity index (χ4v) is 7.29. The number of amides is 1. The molecule has 2 aromatic rings. The molecule has 0 saturated heterocycles. The Morgan fingerprint density at radius 3 is 2.40 bits per heavy atom. The van der Waals surface area contributed by atoms with Crippen LogP contribution in [0.1, 0.15) is 126 Å². The van der Waals surface area contributed by atoms with Crippen molar-refractivity contribution in [1.29, 1.82) is 0 Å². The highest BCUT2D eigenvalue weighted by atomic mass is 35.5. The summed E-state index contributed by atoms with van der Waals surface area (Å²) in [7, 11) is 0. The highest BCUT2D eigenvalue weighted by molar-refractivity contribution is 6.31. The molecule has 4 rings (SSSR count). The van der Waals surface area contributed by atoms with Crippen molar-refractivity contribution in [2.75, 3.05) is 0 Å². The van der Waals surface area contributed by atoms with Crippen molar-refractivity contribution >= 4 is 23.3 Å². The third-order valence-electron chi connectivity index (χ3n) is 10.0. The molecule has 0 bridgehead atoms. The van der Waals surface area contributed by atoms with E-state index in [1.165, 1.54) is 38.5 Å². The number of unbranched alkanes of at least 4 members (excludes halogenated alkanes) is 1. The monoisotopic (exact) mass is 563 g/mol. The summed E-state index contributed by atoms with van der Waals surface area (Å²) in [6.45, 7) is 6.26. The Morgan fingerprint density at radius 2 is 1.73 bits per heavy atom. The fraction of sp³-hybridized carbons (Fsp3) is 0.611. The summed E-state index contributed by atoms with van der Waals surface area (Å²) < 4.78 is 0. The second kappa shape index (κ2) is 14.7. The van der Waals surface area contributed by atoms with Crippen molar-refractivity contribution < 1.29 is 9.59 Å². The lowest BCUT2D eigenvalue weighted by atomic mass is 9.73. The minimum Gasteiger partial charge on any atom is -0.349 e. The van der Waals surface area contributed by atoms with E-state index in [1.807, 2.05) is 37.3 Å². The average Bonchev–Trinajstić information content (AvgIpc) is 2.97. The summed E-state index contributed by atoms with van der Waals surface area (Å²) in [6, 6.07) is 16.4. The van der Waals surface area contributed by atoms with Gasteiger partial charge in [-0.2, -0.15) is 0 Å². The van der Waals surface area contributed by atoms with Gasteiger partial charge in [0.25, 0.3) is 0 Å². The van der Waals surface area contributed by atoms with Crippen LogP contribution >= 0.6 is 11.6 Å². The lowest BCUT2D eigenvalue weighted by molar-refractivity contribution is -0.127. The van der Waals surface area contributed by atoms with Gasteiger partial charge in [0.15, 0.2) is 0 Å². The maximum absolute atomic E-state index is 14.0. The number of hydrogen-bond acceptors (Lipinski definition) is 2. The molecule has 0 radical (unpaired) electrons. The van der Waals surface area contributed by atoms with E-state index in [4.69, 9.17) is 11.6 Å². The van der Waals surface area contributed by atoms with Crippen molar-refractivity contribution in [3.8, 4) is 0 Å². The van der Waals surface area contributed by atoms with E-state index in [0.717, 1.165) is 84.9 Å². The van der Waals surface area contributed by atoms with Crippen molar-refractivity contribution in [3.05, 3.63) is 70.2 Å². The summed E-state index contributed by atoms with van der Waals surface area (Å²) in [5.41, 5.74) is 2.60. The van der Waals surface area contributed by atoms with Gasteiger partial charge in [0, 0.05) is 17.4 Å². The van der Waals surface area contributed by atoms with Crippen molar-refractivity contribution in [1.82, 2.24) is 5.32 Å². The number of carbonyl (C=O) groups excluding carboxylic acids is 2. The second-order valence-corrected chi connectivity index (χ2v) is 13.3. The molecule has 1 N–H and O–H groups in total. The maximum Gasteiger partial charge on any atom is 0.230 e. The first-order valence-corrected chi connectivity index (χ1v) is 16.3. The smallest absolute Gasteiger partial charge is 0.230 e. The molecule has 0 spiro atoms. The van der Waals surface area contributed by atoms with Crippen molar-refractivity contribution in [2.45, 2.75) is 122 Å². The molecule has 2 fully saturated rings. The Hall–Kier alpha value is -2.13. The Morgan fingerprint density at radius 1 is 1.00 bits per heavy atom. The number of rotatable bonds is 12. The molecule has 2 saturated carbocycles. The SMILES string of the molecule is CC[C@@H](NC(=O)[C@](C)(CCCCC1CCC(CC2CCCCC2=O)CC1)c1ccc(Cl)c(C)c1)c1ccccc1. The second-order valence-electron chi connectivity index (χ2n) is 12.9. The third kappa shape index (κ3) is 7.99. The summed E-state index contributed by atoms with van der Waals surface area (Å²) in [5, 5.41) is 4.13. The quantitative estimate of drug-likeness (QED) is 0.261. The molecular weight excluding hydrogens is 514 g/mol. The van der Waals surface area contributed by atoms with Gasteiger partial charge in [-0.15, -0.1) is 0 Å². The predicted molar refractivity (Wildman–Crippen MR) is 167 cm³/mol. The Balaban J connectivity index is 1.32. The molecule has 0 aliphatic heterocycles. The van der Waals surface area contributed by atoms with E-state index in [1.54, 1.807) is 0 Å². The van der Waals surface area contributed by atoms with E-state index in [2.05, 4.69) is 37.4 Å². The number of Topliss-reactive ketones (excluding diaryl/α,β-unsaturated/α-hetero) is 1. The van der Waals surface area contributed by atoms with Gasteiger partial charge >= 0.3 is 0 Å². The molecular formula is C36H50ClNO2. The molecule has 3 atom stereocenters. The van der Waals surface area contributed by atoms with E-state index in [0.29, 0.717) is 11.7 Å². The molecule has 2 aromatic carbocycles. The number of benzene rings is 2. The van der Waals surface area contributed by atoms with Crippen LogP contribution in [0.4, 0.5) is 0 Å². The van der Waals surface area contributed by atoms with Crippen molar-refractivity contribution in [2.24, 2.45) is 17.8 Å². The lowest BCUT2D eigenvalue weighted by Crippen LogP contribution is -2.44. The molecule has 40 heavy (non-hydrogen) atoms. The summed E-state index contributed by atoms with van der Waals surface area (Å²) >= 11 is 6.36. The maximum atomic E-state index is 14.0. The zero-order chi connectivity index (χ0) is 28.5. The normalized spacial score (nSPS) is 23.8. The van der Waals surface area contributed by atoms with Crippen LogP contribution in [0, 0.1) is 24.7 Å². The first kappa shape index (κ1) is 30.8. The zero-order valence-electron chi connectivity index (χ0n) is 25.0. The van der Waals surface area contributed by atoms with Gasteiger partial charge in [0.05, 0.1) is 11.5 Å². The van der Waals surface area contributed by atoms with E-state index in [9.17, 15) is 9.59 Å². The minimum atomic E-state index is -0.609. The van der Waals surface area contributed by atoms with Crippen LogP contribution in [0.3, 0.4) is 0 Å². The highest BCUT2D eigenvalue weighted by Gasteiger charge is 2.36. The molecule has 0 heterocycles. The first-order chi connectivity index (χ1) is 19.3. The predicted octanol–water partition coefficient (Wildman–Crippen LogP) is 9.69. The van der Waals surface area contributed by atoms with Gasteiger partial charge in [-0.05, 0) is 80.5 Å². The highest BCUT2D eigenvalue weighted by Crippen LogP contribution is 2.39. The van der Waals surface area contributed by atoms with Crippen molar-refractivity contribution in [3.63, 3.8) is 0 Å². The first-order valence-electron chi connectivity index (χ1n) is 16.0. The standard InChI is InChI=1S/C36H50ClNO2/c1-4-33(29-13-6-5-7-14-29)38-35(40)36(3,31-21-22-32(37)26(2)24-31)23-11-10-12-27-17-19-28(20-18-27)25-30-15-8-9-16-34(30)39/h5-7,13-14,21-22,24,27-28,30,33H,4,8-12,15-20,23,25H2,1-3H3,(H,38,40)/t27?,28?,30?,33-,36-/m1/s1. The number of halogens is 1. The lowest BCUT2D eigenvalue weighted by Gasteiger charge is -2.33. The molecule has 2 aliphatic rings. The Kier molecular flexibility index (Phi) is 11.3. The molecule has 4 heteroatoms. The number of nitrogens with one attached hydrogen (secondary N) is 1. The van der Waals surface area contributed by atoms with E-state index in [-0.39, 0.29) is 11.9 Å². The average molecular weight is 564 g/mol. The van der Waals surface area contributed by atoms with Gasteiger partial charge in [-0.25, -0.2) is 0 Å². The van der Waals surface area contributed by atoms with E-state index < -0.39 is 5.41 Å². The van der Waals surface area contributed by atoms with Gasteiger partial charge < -0.3 is 5.32 Å². The minimum absolute atomic E-state index is 0.000473. The zero-order valence-corrected chi connectivity index (χ0v) is 25.8. The van der Waals surface area contributed by atoms with Crippen LogP contribution in [0.2, 0.25) is 5.02 Å². The van der Waals surface area contributed by atoms with Gasteiger partial charge in [-0.3, -0.25) is 9.59 Å². The Labute approximate surface area is 247 Å². The summed E-state index contributed by atoms with van der Waals surface area (Å²) in [4.78, 5) is 26.2. The number of carbonyl (C=O) groups is 2. The van der Waals surface area contributed by atoms with Gasteiger partial charge in [-0.1, -0.05) is 112 Å². The number of ketones is 1. The summed E-state index contributed by atoms with van der Waals surface area (Å²) in [5.74, 6) is 2.52. The van der Waals surface area contributed by atoms with E-state index >= 15 is 0 Å². The van der Waals surface area contributed by atoms with Crippen LogP contribution in [0.5, 0.6) is 0 Å². The van der Waals surface area contributed by atoms with Crippen LogP contribution < -0.4 is 5.32 Å². The fourth-order valence-electron chi connectivity index (χ4n) is 7.18. The third-order valence-corrected chi connectivity index (χ3v) is 10.4. The van der Waals surface area contributed by atoms with Gasteiger partial charge in [0.1, 0.15) is 5.78 Å². The van der Waals surface area contributed by atoms with Crippen LogP contribution in [-0.4, -0.2) is 11.7 Å². The molecule has 3 nitrogen and oxygen atoms in total. The van der Waals surface area contributed by atoms with Gasteiger partial charge in [0.2, 0.25) is 5.91 Å². The molecule has 1 amide bonds. The summed E-state index contributed by atoms with van der Waals surface area (Å²) in [6.07, 6.45) is 15.7. The number of hydrogen-bond donors (Lipinski definition) is 1. The molecule has 218 valence electrons. The van der Waals surface area contributed by atoms with Crippen LogP contribution in [-0.2, 0) is 15.0 Å². The largest absolute Gasteiger partial charge is 0.349 e. The Bertz CT molecular complexity index is 1110.